The number of carboxylic acids is 1. The van der Waals surface area contributed by atoms with Crippen LogP contribution in [0.15, 0.2) is 22.7 Å². The monoisotopic (exact) mass is 356 g/mol. The first kappa shape index (κ1) is 17.2. The van der Waals surface area contributed by atoms with Crippen LogP contribution in [0, 0.1) is 6.92 Å². The van der Waals surface area contributed by atoms with Crippen molar-refractivity contribution < 1.29 is 19.5 Å². The Morgan fingerprint density at radius 3 is 2.48 bits per heavy atom. The van der Waals surface area contributed by atoms with Crippen molar-refractivity contribution in [2.75, 3.05) is 5.32 Å². The molecule has 0 radical (unpaired) electrons. The van der Waals surface area contributed by atoms with Gasteiger partial charge in [-0.3, -0.25) is 14.9 Å². The van der Waals surface area contributed by atoms with E-state index >= 15 is 0 Å². The fraction of sp³-hybridized carbons (Fsp3) is 0.357. The Balaban J connectivity index is 2.36. The van der Waals surface area contributed by atoms with Crippen molar-refractivity contribution >= 4 is 39.5 Å². The van der Waals surface area contributed by atoms with Gasteiger partial charge in [0.2, 0.25) is 5.91 Å². The Hall–Kier alpha value is -1.89. The first-order chi connectivity index (χ1) is 9.88. The maximum atomic E-state index is 11.7. The number of benzene rings is 1. The van der Waals surface area contributed by atoms with Crippen LogP contribution in [0.1, 0.15) is 31.2 Å². The van der Waals surface area contributed by atoms with Gasteiger partial charge in [0.15, 0.2) is 0 Å². The largest absolute Gasteiger partial charge is 0.481 e. The number of hydrogen-bond acceptors (Lipinski definition) is 3. The first-order valence-electron chi connectivity index (χ1n) is 6.47. The Bertz CT molecular complexity index is 546. The van der Waals surface area contributed by atoms with Crippen molar-refractivity contribution in [1.29, 1.82) is 0 Å². The zero-order valence-electron chi connectivity index (χ0n) is 11.6. The van der Waals surface area contributed by atoms with E-state index in [0.717, 1.165) is 10.0 Å². The topological polar surface area (TPSA) is 95.5 Å². The molecule has 0 spiro atoms. The minimum atomic E-state index is -0.890. The zero-order chi connectivity index (χ0) is 15.8. The number of imide groups is 1. The van der Waals surface area contributed by atoms with Gasteiger partial charge >= 0.3 is 12.0 Å². The average Bonchev–Trinajstić information content (AvgIpc) is 2.38. The lowest BCUT2D eigenvalue weighted by molar-refractivity contribution is -0.137. The van der Waals surface area contributed by atoms with Crippen molar-refractivity contribution in [1.82, 2.24) is 5.32 Å². The highest BCUT2D eigenvalue weighted by atomic mass is 79.9. The molecule has 3 amide bonds. The summed E-state index contributed by atoms with van der Waals surface area (Å²) in [6.07, 6.45) is 0.997. The fourth-order valence-corrected chi connectivity index (χ4v) is 2.15. The molecule has 0 aliphatic rings. The van der Waals surface area contributed by atoms with Crippen molar-refractivity contribution in [2.45, 2.75) is 32.6 Å². The molecular weight excluding hydrogens is 340 g/mol. The molecule has 1 rings (SSSR count). The molecule has 1 aromatic rings. The number of aryl methyl sites for hydroxylation is 1. The number of aliphatic carboxylic acids is 1. The van der Waals surface area contributed by atoms with Crippen molar-refractivity contribution in [3.63, 3.8) is 0 Å². The van der Waals surface area contributed by atoms with E-state index in [4.69, 9.17) is 5.11 Å². The van der Waals surface area contributed by atoms with Gasteiger partial charge < -0.3 is 10.4 Å². The van der Waals surface area contributed by atoms with Gasteiger partial charge in [-0.25, -0.2) is 4.79 Å². The minimum Gasteiger partial charge on any atom is -0.481 e. The number of carboxylic acid groups (broad SMARTS) is 1. The number of rotatable bonds is 6. The summed E-state index contributed by atoms with van der Waals surface area (Å²) in [4.78, 5) is 33.5. The molecule has 114 valence electrons. The number of hydrogen-bond donors (Lipinski definition) is 3. The number of halogens is 1. The predicted octanol–water partition coefficient (Wildman–Crippen LogP) is 3.05. The minimum absolute atomic E-state index is 0.0254. The number of unbranched alkanes of at least 4 members (excludes halogenated alkanes) is 1. The second-order valence-corrected chi connectivity index (χ2v) is 5.48. The molecule has 0 aliphatic heterocycles. The predicted molar refractivity (Wildman–Crippen MR) is 82.1 cm³/mol. The summed E-state index contributed by atoms with van der Waals surface area (Å²) in [5.41, 5.74) is 1.49. The summed E-state index contributed by atoms with van der Waals surface area (Å²) >= 11 is 3.32. The Morgan fingerprint density at radius 1 is 1.19 bits per heavy atom. The fourth-order valence-electron chi connectivity index (χ4n) is 1.67. The van der Waals surface area contributed by atoms with Gasteiger partial charge in [0.1, 0.15) is 0 Å². The standard InChI is InChI=1S/C14H17BrN2O4/c1-9-8-10(15)6-7-11(9)16-14(21)17-12(18)4-2-3-5-13(19)20/h6-8H,2-5H2,1H3,(H,19,20)(H2,16,17,18,21). The SMILES string of the molecule is Cc1cc(Br)ccc1NC(=O)NC(=O)CCCCC(=O)O. The first-order valence-corrected chi connectivity index (χ1v) is 7.26. The van der Waals surface area contributed by atoms with Crippen LogP contribution < -0.4 is 10.6 Å². The second kappa shape index (κ2) is 8.41. The van der Waals surface area contributed by atoms with Crippen LogP contribution in [0.5, 0.6) is 0 Å². The van der Waals surface area contributed by atoms with E-state index in [1.54, 1.807) is 12.1 Å². The van der Waals surface area contributed by atoms with E-state index in [0.29, 0.717) is 18.5 Å². The van der Waals surface area contributed by atoms with Crippen LogP contribution in [0.25, 0.3) is 0 Å². The third-order valence-corrected chi connectivity index (χ3v) is 3.23. The lowest BCUT2D eigenvalue weighted by Gasteiger charge is -2.09. The van der Waals surface area contributed by atoms with Gasteiger partial charge in [0.05, 0.1) is 0 Å². The van der Waals surface area contributed by atoms with Crippen LogP contribution in [0.2, 0.25) is 0 Å². The Kier molecular flexibility index (Phi) is 6.87. The molecule has 0 aliphatic carbocycles. The molecule has 0 bridgehead atoms. The van der Waals surface area contributed by atoms with Gasteiger partial charge in [-0.2, -0.15) is 0 Å². The third kappa shape index (κ3) is 6.89. The van der Waals surface area contributed by atoms with Gasteiger partial charge in [0, 0.05) is 23.0 Å². The summed E-state index contributed by atoms with van der Waals surface area (Å²) in [5.74, 6) is -1.31. The molecule has 3 N–H and O–H groups in total. The van der Waals surface area contributed by atoms with E-state index in [1.165, 1.54) is 0 Å². The normalized spacial score (nSPS) is 10.0. The van der Waals surface area contributed by atoms with Crippen LogP contribution in [0.4, 0.5) is 10.5 Å². The summed E-state index contributed by atoms with van der Waals surface area (Å²) in [7, 11) is 0. The second-order valence-electron chi connectivity index (χ2n) is 4.56. The van der Waals surface area contributed by atoms with Gasteiger partial charge in [-0.1, -0.05) is 15.9 Å². The zero-order valence-corrected chi connectivity index (χ0v) is 13.2. The number of carbonyl (C=O) groups is 3. The molecule has 7 heteroatoms. The summed E-state index contributed by atoms with van der Waals surface area (Å²) < 4.78 is 0.903. The Labute approximate surface area is 131 Å². The van der Waals surface area contributed by atoms with E-state index in [9.17, 15) is 14.4 Å². The van der Waals surface area contributed by atoms with Crippen LogP contribution >= 0.6 is 15.9 Å². The van der Waals surface area contributed by atoms with E-state index in [-0.39, 0.29) is 12.8 Å². The van der Waals surface area contributed by atoms with Crippen molar-refractivity contribution in [2.24, 2.45) is 0 Å². The Morgan fingerprint density at radius 2 is 1.86 bits per heavy atom. The van der Waals surface area contributed by atoms with Crippen molar-refractivity contribution in [3.8, 4) is 0 Å². The number of urea groups is 1. The molecule has 0 aromatic heterocycles. The number of nitrogens with one attached hydrogen (secondary N) is 2. The maximum absolute atomic E-state index is 11.7. The van der Waals surface area contributed by atoms with Crippen LogP contribution in [-0.4, -0.2) is 23.0 Å². The quantitative estimate of drug-likeness (QED) is 0.682. The van der Waals surface area contributed by atoms with Gasteiger partial charge in [0.25, 0.3) is 0 Å². The van der Waals surface area contributed by atoms with Gasteiger partial charge in [-0.15, -0.1) is 0 Å². The van der Waals surface area contributed by atoms with Crippen LogP contribution in [-0.2, 0) is 9.59 Å². The summed E-state index contributed by atoms with van der Waals surface area (Å²) in [6.45, 7) is 1.84. The highest BCUT2D eigenvalue weighted by Gasteiger charge is 2.09. The molecule has 6 nitrogen and oxygen atoms in total. The third-order valence-electron chi connectivity index (χ3n) is 2.73. The van der Waals surface area contributed by atoms with Gasteiger partial charge in [-0.05, 0) is 43.5 Å². The molecule has 0 fully saturated rings. The van der Waals surface area contributed by atoms with Crippen molar-refractivity contribution in [3.05, 3.63) is 28.2 Å². The van der Waals surface area contributed by atoms with E-state index in [1.807, 2.05) is 13.0 Å². The number of anilines is 1. The summed E-state index contributed by atoms with van der Waals surface area (Å²) in [6, 6.07) is 4.78. The molecule has 21 heavy (non-hydrogen) atoms. The highest BCUT2D eigenvalue weighted by molar-refractivity contribution is 9.10. The summed E-state index contributed by atoms with van der Waals surface area (Å²) in [5, 5.41) is 13.3. The van der Waals surface area contributed by atoms with Crippen LogP contribution in [0.3, 0.4) is 0 Å². The molecule has 0 saturated heterocycles. The molecule has 0 saturated carbocycles. The maximum Gasteiger partial charge on any atom is 0.325 e. The lowest BCUT2D eigenvalue weighted by Crippen LogP contribution is -2.34. The number of carbonyl (C=O) groups excluding carboxylic acids is 2. The number of amides is 3. The molecular formula is C14H17BrN2O4. The van der Waals surface area contributed by atoms with E-state index in [2.05, 4.69) is 26.6 Å². The molecule has 0 atom stereocenters. The van der Waals surface area contributed by atoms with E-state index < -0.39 is 17.9 Å². The smallest absolute Gasteiger partial charge is 0.325 e. The average molecular weight is 357 g/mol. The molecule has 0 unspecified atom stereocenters. The lowest BCUT2D eigenvalue weighted by atomic mass is 10.2. The molecule has 0 heterocycles. The molecule has 1 aromatic carbocycles. The highest BCUT2D eigenvalue weighted by Crippen LogP contribution is 2.19.